The molecule has 90 valence electrons. The second-order valence-electron chi connectivity index (χ2n) is 4.04. The van der Waals surface area contributed by atoms with Crippen molar-refractivity contribution in [3.8, 4) is 0 Å². The van der Waals surface area contributed by atoms with Gasteiger partial charge in [0.1, 0.15) is 0 Å². The predicted octanol–water partition coefficient (Wildman–Crippen LogP) is 0.665. The average molecular weight is 254 g/mol. The van der Waals surface area contributed by atoms with E-state index >= 15 is 0 Å². The van der Waals surface area contributed by atoms with Gasteiger partial charge in [-0.2, -0.15) is 0 Å². The molecule has 0 saturated carbocycles. The van der Waals surface area contributed by atoms with Crippen LogP contribution in [0.15, 0.2) is 23.0 Å². The number of nitrogens with zero attached hydrogens (tertiary/aromatic N) is 1. The van der Waals surface area contributed by atoms with Gasteiger partial charge in [-0.05, 0) is 18.6 Å². The molecule has 1 unspecified atom stereocenters. The molecule has 1 aliphatic heterocycles. The highest BCUT2D eigenvalue weighted by Gasteiger charge is 2.24. The van der Waals surface area contributed by atoms with Gasteiger partial charge in [0.2, 0.25) is 0 Å². The van der Waals surface area contributed by atoms with Gasteiger partial charge < -0.3 is 10.7 Å². The Morgan fingerprint density at radius 1 is 1.35 bits per heavy atom. The lowest BCUT2D eigenvalue weighted by atomic mass is 10.0. The summed E-state index contributed by atoms with van der Waals surface area (Å²) in [5.41, 5.74) is 7.52. The molecule has 0 amide bonds. The largest absolute Gasteiger partial charge is 0.326 e. The smallest absolute Gasteiger partial charge is 0.321 e. The molecule has 2 aromatic rings. The van der Waals surface area contributed by atoms with Crippen LogP contribution < -0.4 is 11.4 Å². The maximum absolute atomic E-state index is 12.0. The Hall–Kier alpha value is -1.59. The molecule has 17 heavy (non-hydrogen) atoms. The number of benzene rings is 1. The number of nitrogens with one attached hydrogen (secondary N) is 1. The van der Waals surface area contributed by atoms with E-state index in [1.807, 2.05) is 0 Å². The summed E-state index contributed by atoms with van der Waals surface area (Å²) in [4.78, 5) is 26.4. The van der Waals surface area contributed by atoms with Gasteiger partial charge >= 0.3 is 5.69 Å². The molecule has 1 atom stereocenters. The fraction of sp³-hybridized carbons (Fsp3) is 0.273. The molecular weight excluding hydrogens is 242 g/mol. The molecule has 1 aromatic heterocycles. The zero-order chi connectivity index (χ0) is 11.3. The summed E-state index contributed by atoms with van der Waals surface area (Å²) in [6, 6.07) is 4.76. The van der Waals surface area contributed by atoms with Crippen LogP contribution in [0.3, 0.4) is 0 Å². The van der Waals surface area contributed by atoms with Gasteiger partial charge in [-0.15, -0.1) is 12.4 Å². The quantitative estimate of drug-likeness (QED) is 0.724. The van der Waals surface area contributed by atoms with Crippen LogP contribution in [-0.4, -0.2) is 21.4 Å². The number of carbonyl (C=O) groups is 1. The van der Waals surface area contributed by atoms with Crippen LogP contribution in [0.2, 0.25) is 0 Å². The zero-order valence-electron chi connectivity index (χ0n) is 8.97. The van der Waals surface area contributed by atoms with Crippen LogP contribution in [0.4, 0.5) is 0 Å². The number of carbonyl (C=O) groups excluding carboxylic acids is 1. The Morgan fingerprint density at radius 2 is 2.12 bits per heavy atom. The van der Waals surface area contributed by atoms with Gasteiger partial charge in [0, 0.05) is 12.1 Å². The molecule has 1 aliphatic rings. The van der Waals surface area contributed by atoms with Crippen molar-refractivity contribution in [2.24, 2.45) is 5.73 Å². The minimum Gasteiger partial charge on any atom is -0.321 e. The van der Waals surface area contributed by atoms with Gasteiger partial charge in [0.05, 0.1) is 17.1 Å². The van der Waals surface area contributed by atoms with E-state index in [0.29, 0.717) is 29.6 Å². The van der Waals surface area contributed by atoms with E-state index in [-0.39, 0.29) is 23.9 Å². The van der Waals surface area contributed by atoms with E-state index in [9.17, 15) is 9.59 Å². The summed E-state index contributed by atoms with van der Waals surface area (Å²) in [7, 11) is 0. The van der Waals surface area contributed by atoms with Crippen LogP contribution in [0, 0.1) is 0 Å². The molecule has 3 N–H and O–H groups in total. The number of aromatic nitrogens is 2. The molecule has 0 saturated heterocycles. The lowest BCUT2D eigenvalue weighted by Gasteiger charge is -2.05. The van der Waals surface area contributed by atoms with Crippen molar-refractivity contribution in [1.82, 2.24) is 9.55 Å². The maximum atomic E-state index is 12.0. The zero-order valence-corrected chi connectivity index (χ0v) is 9.79. The van der Waals surface area contributed by atoms with E-state index in [4.69, 9.17) is 5.73 Å². The van der Waals surface area contributed by atoms with Crippen molar-refractivity contribution in [2.75, 3.05) is 0 Å². The molecule has 0 bridgehead atoms. The average Bonchev–Trinajstić information content (AvgIpc) is 2.53. The first-order valence-electron chi connectivity index (χ1n) is 5.20. The van der Waals surface area contributed by atoms with Gasteiger partial charge in [-0.1, -0.05) is 6.07 Å². The first-order chi connectivity index (χ1) is 7.68. The van der Waals surface area contributed by atoms with Crippen molar-refractivity contribution in [1.29, 1.82) is 0 Å². The van der Waals surface area contributed by atoms with Crippen LogP contribution in [0.25, 0.3) is 11.0 Å². The number of rotatable bonds is 0. The summed E-state index contributed by atoms with van der Waals surface area (Å²) in [5, 5.41) is 0. The van der Waals surface area contributed by atoms with E-state index in [1.54, 1.807) is 22.8 Å². The number of aromatic amines is 1. The highest BCUT2D eigenvalue weighted by Crippen LogP contribution is 2.21. The van der Waals surface area contributed by atoms with Crippen molar-refractivity contribution in [3.63, 3.8) is 0 Å². The molecule has 0 aliphatic carbocycles. The molecule has 0 radical (unpaired) electrons. The first kappa shape index (κ1) is 11.9. The highest BCUT2D eigenvalue weighted by atomic mass is 35.5. The van der Waals surface area contributed by atoms with E-state index in [0.717, 1.165) is 0 Å². The molecule has 5 nitrogen and oxygen atoms in total. The predicted molar refractivity (Wildman–Crippen MR) is 66.7 cm³/mol. The van der Waals surface area contributed by atoms with Gasteiger partial charge in [-0.25, -0.2) is 4.79 Å². The number of hydrogen-bond donors (Lipinski definition) is 2. The lowest BCUT2D eigenvalue weighted by molar-refractivity contribution is 0.0960. The van der Waals surface area contributed by atoms with Crippen LogP contribution >= 0.6 is 12.4 Å². The van der Waals surface area contributed by atoms with E-state index < -0.39 is 6.04 Å². The van der Waals surface area contributed by atoms with Gasteiger partial charge in [0.25, 0.3) is 0 Å². The van der Waals surface area contributed by atoms with E-state index in [1.165, 1.54) is 0 Å². The third-order valence-electron chi connectivity index (χ3n) is 3.06. The SMILES string of the molecule is Cl.NC1CCn2c(=O)[nH]c3cccc(c32)C1=O. The number of aryl methyl sites for hydroxylation is 1. The van der Waals surface area contributed by atoms with Crippen molar-refractivity contribution in [3.05, 3.63) is 34.2 Å². The number of imidazole rings is 1. The highest BCUT2D eigenvalue weighted by molar-refractivity contribution is 6.09. The first-order valence-corrected chi connectivity index (χ1v) is 5.20. The Bertz CT molecular complexity index is 644. The summed E-state index contributed by atoms with van der Waals surface area (Å²) < 4.78 is 1.59. The minimum atomic E-state index is -0.509. The topological polar surface area (TPSA) is 80.9 Å². The number of nitrogens with two attached hydrogens (primary N) is 1. The number of Topliss-reactive ketones (excluding diaryl/α,β-unsaturated/α-hetero) is 1. The second-order valence-corrected chi connectivity index (χ2v) is 4.04. The standard InChI is InChI=1S/C11H11N3O2.ClH/c12-7-4-5-14-9-6(10(7)15)2-1-3-8(9)13-11(14)16;/h1-3,7H,4-5,12H2,(H,13,16);1H. The van der Waals surface area contributed by atoms with Gasteiger partial charge in [0.15, 0.2) is 5.78 Å². The number of H-pyrrole nitrogens is 1. The monoisotopic (exact) mass is 253 g/mol. The molecule has 6 heteroatoms. The Morgan fingerprint density at radius 3 is 2.88 bits per heavy atom. The Balaban J connectivity index is 0.00000108. The third-order valence-corrected chi connectivity index (χ3v) is 3.06. The Kier molecular flexibility index (Phi) is 2.81. The van der Waals surface area contributed by atoms with Crippen LogP contribution in [0.1, 0.15) is 16.8 Å². The minimum absolute atomic E-state index is 0. The molecule has 3 rings (SSSR count). The maximum Gasteiger partial charge on any atom is 0.326 e. The van der Waals surface area contributed by atoms with Crippen molar-refractivity contribution in [2.45, 2.75) is 19.0 Å². The number of halogens is 1. The van der Waals surface area contributed by atoms with Gasteiger partial charge in [-0.3, -0.25) is 9.36 Å². The lowest BCUT2D eigenvalue weighted by Crippen LogP contribution is -2.30. The number of para-hydroxylation sites is 1. The summed E-state index contributed by atoms with van der Waals surface area (Å²) in [6.45, 7) is 0.489. The molecular formula is C11H12ClN3O2. The fourth-order valence-electron chi connectivity index (χ4n) is 2.23. The normalized spacial score (nSPS) is 18.9. The number of hydrogen-bond acceptors (Lipinski definition) is 3. The molecule has 0 spiro atoms. The van der Waals surface area contributed by atoms with E-state index in [2.05, 4.69) is 4.98 Å². The number of ketones is 1. The van der Waals surface area contributed by atoms with Crippen LogP contribution in [0.5, 0.6) is 0 Å². The van der Waals surface area contributed by atoms with Crippen molar-refractivity contribution >= 4 is 29.2 Å². The summed E-state index contributed by atoms with van der Waals surface area (Å²) in [5.74, 6) is -0.0872. The third kappa shape index (κ3) is 1.59. The second kappa shape index (κ2) is 4.01. The molecule has 2 heterocycles. The van der Waals surface area contributed by atoms with Crippen molar-refractivity contribution < 1.29 is 4.79 Å². The fourth-order valence-corrected chi connectivity index (χ4v) is 2.23. The summed E-state index contributed by atoms with van der Waals surface area (Å²) in [6.07, 6.45) is 0.500. The molecule has 0 fully saturated rings. The Labute approximate surface area is 103 Å². The molecule has 1 aromatic carbocycles. The summed E-state index contributed by atoms with van der Waals surface area (Å²) >= 11 is 0. The van der Waals surface area contributed by atoms with Crippen LogP contribution in [-0.2, 0) is 6.54 Å².